The van der Waals surface area contributed by atoms with Crippen LogP contribution in [0.2, 0.25) is 0 Å². The van der Waals surface area contributed by atoms with Gasteiger partial charge in [-0.1, -0.05) is 43.3 Å². The van der Waals surface area contributed by atoms with E-state index < -0.39 is 23.4 Å². The molecule has 1 aliphatic rings. The molecule has 1 aliphatic heterocycles. The average Bonchev–Trinajstić information content (AvgIpc) is 2.87. The lowest BCUT2D eigenvalue weighted by Crippen LogP contribution is -2.44. The van der Waals surface area contributed by atoms with Crippen molar-refractivity contribution in [2.75, 3.05) is 11.9 Å². The van der Waals surface area contributed by atoms with Crippen molar-refractivity contribution in [3.63, 3.8) is 0 Å². The first-order chi connectivity index (χ1) is 12.5. The van der Waals surface area contributed by atoms with Crippen LogP contribution in [0.25, 0.3) is 0 Å². The Kier molecular flexibility index (Phi) is 5.26. The number of carbonyl (C=O) groups is 3. The topological polar surface area (TPSA) is 78.5 Å². The van der Waals surface area contributed by atoms with Crippen molar-refractivity contribution < 1.29 is 14.4 Å². The first-order valence-electron chi connectivity index (χ1n) is 8.21. The van der Waals surface area contributed by atoms with Crippen molar-refractivity contribution in [3.8, 4) is 0 Å². The van der Waals surface area contributed by atoms with E-state index in [0.717, 1.165) is 8.47 Å². The Balaban J connectivity index is 1.77. The summed E-state index contributed by atoms with van der Waals surface area (Å²) in [5.74, 6) is -0.829. The molecule has 4 amide bonds. The molecule has 1 saturated heterocycles. The van der Waals surface area contributed by atoms with Crippen LogP contribution in [-0.4, -0.2) is 29.3 Å². The summed E-state index contributed by atoms with van der Waals surface area (Å²) in [5, 5.41) is 5.49. The number of anilines is 1. The third-order valence-corrected chi connectivity index (χ3v) is 5.05. The molecule has 1 atom stereocenters. The molecule has 1 heterocycles. The van der Waals surface area contributed by atoms with E-state index in [2.05, 4.69) is 33.2 Å². The Morgan fingerprint density at radius 1 is 1.15 bits per heavy atom. The fourth-order valence-electron chi connectivity index (χ4n) is 3.04. The monoisotopic (exact) mass is 463 g/mol. The quantitative estimate of drug-likeness (QED) is 0.529. The lowest BCUT2D eigenvalue weighted by molar-refractivity contribution is -0.134. The second kappa shape index (κ2) is 7.45. The Morgan fingerprint density at radius 2 is 1.88 bits per heavy atom. The van der Waals surface area contributed by atoms with Crippen LogP contribution in [0.4, 0.5) is 10.5 Å². The van der Waals surface area contributed by atoms with Crippen molar-refractivity contribution in [3.05, 3.63) is 63.7 Å². The standard InChI is InChI=1S/C19H18IN3O3/c1-2-19(13-7-4-3-5-8-13)17(25)23(18(26)22-19)12-16(24)21-15-10-6-9-14(20)11-15/h3-11H,2,12H2,1H3,(H,21,24)(H,22,26)/t19-/m0/s1. The molecule has 7 heteroatoms. The largest absolute Gasteiger partial charge is 0.325 e. The Bertz CT molecular complexity index is 856. The number of hydrogen-bond acceptors (Lipinski definition) is 3. The number of rotatable bonds is 5. The average molecular weight is 463 g/mol. The molecule has 134 valence electrons. The van der Waals surface area contributed by atoms with Gasteiger partial charge >= 0.3 is 6.03 Å². The fourth-order valence-corrected chi connectivity index (χ4v) is 3.59. The van der Waals surface area contributed by atoms with E-state index in [1.165, 1.54) is 0 Å². The lowest BCUT2D eigenvalue weighted by Gasteiger charge is -2.25. The molecule has 2 aromatic rings. The first-order valence-corrected chi connectivity index (χ1v) is 9.29. The van der Waals surface area contributed by atoms with Crippen molar-refractivity contribution in [1.82, 2.24) is 10.2 Å². The summed E-state index contributed by atoms with van der Waals surface area (Å²) in [5.41, 5.74) is 0.209. The van der Waals surface area contributed by atoms with Crippen LogP contribution < -0.4 is 10.6 Å². The highest BCUT2D eigenvalue weighted by molar-refractivity contribution is 14.1. The molecule has 0 aromatic heterocycles. The number of benzene rings is 2. The second-order valence-corrected chi connectivity index (χ2v) is 7.25. The van der Waals surface area contributed by atoms with E-state index in [1.807, 2.05) is 43.3 Å². The first kappa shape index (κ1) is 18.4. The van der Waals surface area contributed by atoms with Gasteiger partial charge in [-0.2, -0.15) is 0 Å². The third kappa shape index (κ3) is 3.44. The summed E-state index contributed by atoms with van der Waals surface area (Å²) in [6.45, 7) is 1.51. The molecule has 1 fully saturated rings. The number of hydrogen-bond donors (Lipinski definition) is 2. The van der Waals surface area contributed by atoms with Gasteiger partial charge in [0.2, 0.25) is 5.91 Å². The summed E-state index contributed by atoms with van der Waals surface area (Å²) < 4.78 is 0.976. The van der Waals surface area contributed by atoms with Gasteiger partial charge in [0, 0.05) is 9.26 Å². The number of amides is 4. The minimum Gasteiger partial charge on any atom is -0.324 e. The molecule has 0 unspecified atom stereocenters. The molecule has 26 heavy (non-hydrogen) atoms. The zero-order valence-electron chi connectivity index (χ0n) is 14.2. The summed E-state index contributed by atoms with van der Waals surface area (Å²) in [6, 6.07) is 15.8. The smallest absolute Gasteiger partial charge is 0.324 e. The van der Waals surface area contributed by atoms with E-state index >= 15 is 0 Å². The number of halogens is 1. The van der Waals surface area contributed by atoms with Gasteiger partial charge in [0.1, 0.15) is 12.1 Å². The van der Waals surface area contributed by atoms with Gasteiger partial charge < -0.3 is 10.6 Å². The number of nitrogens with one attached hydrogen (secondary N) is 2. The van der Waals surface area contributed by atoms with Gasteiger partial charge in [-0.15, -0.1) is 0 Å². The molecule has 0 bridgehead atoms. The minimum atomic E-state index is -1.12. The molecule has 0 spiro atoms. The predicted octanol–water partition coefficient (Wildman–Crippen LogP) is 3.09. The van der Waals surface area contributed by atoms with Gasteiger partial charge in [-0.05, 0) is 52.8 Å². The van der Waals surface area contributed by atoms with Gasteiger partial charge in [-0.3, -0.25) is 14.5 Å². The minimum absolute atomic E-state index is 0.329. The van der Waals surface area contributed by atoms with E-state index in [-0.39, 0.29) is 6.54 Å². The van der Waals surface area contributed by atoms with Crippen molar-refractivity contribution in [2.45, 2.75) is 18.9 Å². The normalized spacial score (nSPS) is 19.4. The summed E-state index contributed by atoms with van der Waals surface area (Å²) in [6.07, 6.45) is 0.399. The molecular weight excluding hydrogens is 445 g/mol. The van der Waals surface area contributed by atoms with Crippen LogP contribution in [0.1, 0.15) is 18.9 Å². The van der Waals surface area contributed by atoms with Crippen molar-refractivity contribution >= 4 is 46.1 Å². The fraction of sp³-hybridized carbons (Fsp3) is 0.211. The summed E-state index contributed by atoms with van der Waals surface area (Å²) >= 11 is 2.14. The van der Waals surface area contributed by atoms with Crippen LogP contribution in [0.15, 0.2) is 54.6 Å². The van der Waals surface area contributed by atoms with Crippen LogP contribution >= 0.6 is 22.6 Å². The van der Waals surface area contributed by atoms with Gasteiger partial charge in [0.15, 0.2) is 0 Å². The lowest BCUT2D eigenvalue weighted by atomic mass is 9.87. The van der Waals surface area contributed by atoms with Gasteiger partial charge in [0.25, 0.3) is 5.91 Å². The zero-order valence-corrected chi connectivity index (χ0v) is 16.3. The highest BCUT2D eigenvalue weighted by Crippen LogP contribution is 2.32. The highest BCUT2D eigenvalue weighted by atomic mass is 127. The number of urea groups is 1. The SMILES string of the molecule is CC[C@@]1(c2ccccc2)NC(=O)N(CC(=O)Nc2cccc(I)c2)C1=O. The maximum atomic E-state index is 13.0. The van der Waals surface area contributed by atoms with Crippen molar-refractivity contribution in [2.24, 2.45) is 0 Å². The maximum absolute atomic E-state index is 13.0. The maximum Gasteiger partial charge on any atom is 0.325 e. The molecular formula is C19H18IN3O3. The predicted molar refractivity (Wildman–Crippen MR) is 106 cm³/mol. The number of carbonyl (C=O) groups excluding carboxylic acids is 3. The van der Waals surface area contributed by atoms with E-state index in [0.29, 0.717) is 17.7 Å². The van der Waals surface area contributed by atoms with Crippen LogP contribution in [0, 0.1) is 3.57 Å². The van der Waals surface area contributed by atoms with Crippen LogP contribution in [0.5, 0.6) is 0 Å². The number of imide groups is 1. The molecule has 3 rings (SSSR count). The Morgan fingerprint density at radius 3 is 2.54 bits per heavy atom. The molecule has 2 aromatic carbocycles. The zero-order chi connectivity index (χ0) is 18.7. The second-order valence-electron chi connectivity index (χ2n) is 6.00. The number of nitrogens with zero attached hydrogens (tertiary/aromatic N) is 1. The van der Waals surface area contributed by atoms with Gasteiger partial charge in [-0.25, -0.2) is 4.79 Å². The molecule has 0 radical (unpaired) electrons. The van der Waals surface area contributed by atoms with E-state index in [4.69, 9.17) is 0 Å². The summed E-state index contributed by atoms with van der Waals surface area (Å²) in [4.78, 5) is 38.7. The van der Waals surface area contributed by atoms with Crippen LogP contribution in [-0.2, 0) is 15.1 Å². The van der Waals surface area contributed by atoms with E-state index in [9.17, 15) is 14.4 Å². The Hall–Kier alpha value is -2.42. The third-order valence-electron chi connectivity index (χ3n) is 4.38. The van der Waals surface area contributed by atoms with E-state index in [1.54, 1.807) is 18.2 Å². The molecule has 2 N–H and O–H groups in total. The molecule has 6 nitrogen and oxygen atoms in total. The molecule has 0 aliphatic carbocycles. The molecule has 0 saturated carbocycles. The van der Waals surface area contributed by atoms with Crippen molar-refractivity contribution in [1.29, 1.82) is 0 Å². The Labute approximate surface area is 165 Å². The van der Waals surface area contributed by atoms with Crippen LogP contribution in [0.3, 0.4) is 0 Å². The summed E-state index contributed by atoms with van der Waals surface area (Å²) in [7, 11) is 0. The highest BCUT2D eigenvalue weighted by Gasteiger charge is 2.51. The van der Waals surface area contributed by atoms with Gasteiger partial charge in [0.05, 0.1) is 0 Å².